The van der Waals surface area contributed by atoms with Gasteiger partial charge in [0.15, 0.2) is 0 Å². The number of fused-ring (bicyclic) bond motifs is 2. The molecule has 2 saturated heterocycles. The summed E-state index contributed by atoms with van der Waals surface area (Å²) in [7, 11) is 0. The maximum absolute atomic E-state index is 12.4. The van der Waals surface area contributed by atoms with Gasteiger partial charge in [-0.2, -0.15) is 0 Å². The highest BCUT2D eigenvalue weighted by molar-refractivity contribution is 5.89. The van der Waals surface area contributed by atoms with Crippen LogP contribution in [0.1, 0.15) is 12.8 Å². The number of benzene rings is 1. The molecule has 7 heteroatoms. The van der Waals surface area contributed by atoms with E-state index in [1.807, 2.05) is 4.90 Å². The maximum Gasteiger partial charge on any atom is 0.322 e. The molecule has 0 spiro atoms. The van der Waals surface area contributed by atoms with Gasteiger partial charge in [-0.3, -0.25) is 0 Å². The summed E-state index contributed by atoms with van der Waals surface area (Å²) in [6, 6.07) is 9.07. The van der Waals surface area contributed by atoms with Crippen LogP contribution >= 0.6 is 0 Å². The van der Waals surface area contributed by atoms with Gasteiger partial charge in [0.1, 0.15) is 5.75 Å². The number of nitrogens with one attached hydrogen (secondary N) is 1. The Labute approximate surface area is 139 Å². The molecule has 2 aromatic rings. The monoisotopic (exact) mass is 326 g/mol. The number of amides is 2. The van der Waals surface area contributed by atoms with Crippen LogP contribution in [0.25, 0.3) is 0 Å². The van der Waals surface area contributed by atoms with Gasteiger partial charge in [0.2, 0.25) is 0 Å². The minimum absolute atomic E-state index is 0.0877. The van der Waals surface area contributed by atoms with E-state index in [1.54, 1.807) is 42.7 Å². The van der Waals surface area contributed by atoms with Crippen LogP contribution in [0.4, 0.5) is 10.5 Å². The lowest BCUT2D eigenvalue weighted by Gasteiger charge is -2.32. The summed E-state index contributed by atoms with van der Waals surface area (Å²) in [5, 5.41) is 2.92. The highest BCUT2D eigenvalue weighted by Crippen LogP contribution is 2.27. The van der Waals surface area contributed by atoms with Gasteiger partial charge in [0, 0.05) is 31.2 Å². The van der Waals surface area contributed by atoms with Gasteiger partial charge in [0.05, 0.1) is 12.2 Å². The number of carbonyl (C=O) groups excluding carboxylic acids is 1. The molecule has 1 aromatic carbocycles. The largest absolute Gasteiger partial charge is 0.424 e. The summed E-state index contributed by atoms with van der Waals surface area (Å²) < 4.78 is 11.3. The van der Waals surface area contributed by atoms with Crippen LogP contribution in [0.2, 0.25) is 0 Å². The van der Waals surface area contributed by atoms with Gasteiger partial charge in [0.25, 0.3) is 0 Å². The standard InChI is InChI=1S/C17H18N4O3/c22-17(21-10-14-6-7-15(11-21)23-14)20-12-2-4-13(5-3-12)24-16-18-8-1-9-19-16/h1-5,8-9,14-15H,6-7,10-11H2,(H,20,22)/t14-,15+. The van der Waals surface area contributed by atoms with Crippen molar-refractivity contribution >= 4 is 11.7 Å². The van der Waals surface area contributed by atoms with Crippen LogP contribution in [-0.4, -0.2) is 46.2 Å². The van der Waals surface area contributed by atoms with Gasteiger partial charge in [-0.05, 0) is 43.2 Å². The molecule has 124 valence electrons. The smallest absolute Gasteiger partial charge is 0.322 e. The fourth-order valence-electron chi connectivity index (χ4n) is 3.03. The Hall–Kier alpha value is -2.67. The summed E-state index contributed by atoms with van der Waals surface area (Å²) in [6.07, 6.45) is 5.70. The van der Waals surface area contributed by atoms with Crippen molar-refractivity contribution in [2.24, 2.45) is 0 Å². The molecule has 0 aliphatic carbocycles. The molecule has 2 atom stereocenters. The molecule has 0 unspecified atom stereocenters. The number of urea groups is 1. The SMILES string of the molecule is O=C(Nc1ccc(Oc2ncccn2)cc1)N1C[C@H]2CC[C@@H](C1)O2. The zero-order valence-electron chi connectivity index (χ0n) is 13.1. The van der Waals surface area contributed by atoms with Crippen molar-refractivity contribution < 1.29 is 14.3 Å². The molecule has 1 N–H and O–H groups in total. The maximum atomic E-state index is 12.4. The number of aromatic nitrogens is 2. The zero-order chi connectivity index (χ0) is 16.4. The summed E-state index contributed by atoms with van der Waals surface area (Å²) >= 11 is 0. The molecule has 4 rings (SSSR count). The van der Waals surface area contributed by atoms with Crippen molar-refractivity contribution in [3.63, 3.8) is 0 Å². The molecule has 2 aliphatic heterocycles. The van der Waals surface area contributed by atoms with E-state index in [0.29, 0.717) is 18.8 Å². The topological polar surface area (TPSA) is 76.6 Å². The van der Waals surface area contributed by atoms with E-state index < -0.39 is 0 Å². The Balaban J connectivity index is 1.36. The van der Waals surface area contributed by atoms with Crippen LogP contribution < -0.4 is 10.1 Å². The van der Waals surface area contributed by atoms with E-state index in [1.165, 1.54) is 0 Å². The Morgan fingerprint density at radius 1 is 1.12 bits per heavy atom. The average Bonchev–Trinajstić information content (AvgIpc) is 2.95. The van der Waals surface area contributed by atoms with E-state index in [-0.39, 0.29) is 24.2 Å². The third kappa shape index (κ3) is 3.30. The Morgan fingerprint density at radius 3 is 2.46 bits per heavy atom. The molecule has 2 amide bonds. The number of morpholine rings is 1. The number of hydrogen-bond donors (Lipinski definition) is 1. The third-order valence-electron chi connectivity index (χ3n) is 4.19. The second kappa shape index (κ2) is 6.45. The van der Waals surface area contributed by atoms with Crippen molar-refractivity contribution in [1.29, 1.82) is 0 Å². The van der Waals surface area contributed by atoms with Gasteiger partial charge in [-0.15, -0.1) is 0 Å². The normalized spacial score (nSPS) is 22.2. The van der Waals surface area contributed by atoms with Crippen molar-refractivity contribution in [2.45, 2.75) is 25.0 Å². The number of ether oxygens (including phenoxy) is 2. The lowest BCUT2D eigenvalue weighted by atomic mass is 10.2. The zero-order valence-corrected chi connectivity index (χ0v) is 13.1. The van der Waals surface area contributed by atoms with E-state index in [9.17, 15) is 4.79 Å². The van der Waals surface area contributed by atoms with Crippen molar-refractivity contribution in [2.75, 3.05) is 18.4 Å². The minimum Gasteiger partial charge on any atom is -0.424 e. The number of anilines is 1. The fraction of sp³-hybridized carbons (Fsp3) is 0.353. The van der Waals surface area contributed by atoms with Gasteiger partial charge >= 0.3 is 12.0 Å². The van der Waals surface area contributed by atoms with E-state index in [2.05, 4.69) is 15.3 Å². The summed E-state index contributed by atoms with van der Waals surface area (Å²) in [4.78, 5) is 22.2. The molecule has 0 radical (unpaired) electrons. The molecule has 0 saturated carbocycles. The lowest BCUT2D eigenvalue weighted by molar-refractivity contribution is -0.0219. The van der Waals surface area contributed by atoms with Crippen molar-refractivity contribution in [3.8, 4) is 11.8 Å². The van der Waals surface area contributed by atoms with E-state index in [4.69, 9.17) is 9.47 Å². The molecule has 7 nitrogen and oxygen atoms in total. The first-order valence-corrected chi connectivity index (χ1v) is 8.02. The van der Waals surface area contributed by atoms with Crippen LogP contribution in [0, 0.1) is 0 Å². The van der Waals surface area contributed by atoms with E-state index >= 15 is 0 Å². The van der Waals surface area contributed by atoms with Gasteiger partial charge in [-0.1, -0.05) is 0 Å². The van der Waals surface area contributed by atoms with Gasteiger partial charge < -0.3 is 19.7 Å². The second-order valence-electron chi connectivity index (χ2n) is 5.95. The third-order valence-corrected chi connectivity index (χ3v) is 4.19. The Bertz CT molecular complexity index is 696. The highest BCUT2D eigenvalue weighted by Gasteiger charge is 2.35. The van der Waals surface area contributed by atoms with E-state index in [0.717, 1.165) is 18.5 Å². The number of likely N-dealkylation sites (tertiary alicyclic amines) is 1. The number of nitrogens with zero attached hydrogens (tertiary/aromatic N) is 3. The minimum atomic E-state index is -0.0877. The predicted molar refractivity (Wildman–Crippen MR) is 87.0 cm³/mol. The van der Waals surface area contributed by atoms with Crippen LogP contribution in [-0.2, 0) is 4.74 Å². The summed E-state index contributed by atoms with van der Waals surface area (Å²) in [5.74, 6) is 0.614. The number of hydrogen-bond acceptors (Lipinski definition) is 5. The Kier molecular flexibility index (Phi) is 4.00. The molecule has 2 aliphatic rings. The van der Waals surface area contributed by atoms with Crippen molar-refractivity contribution in [1.82, 2.24) is 14.9 Å². The lowest BCUT2D eigenvalue weighted by Crippen LogP contribution is -2.47. The molecule has 2 fully saturated rings. The summed E-state index contributed by atoms with van der Waals surface area (Å²) in [6.45, 7) is 1.32. The molecular weight excluding hydrogens is 308 g/mol. The molecule has 1 aromatic heterocycles. The first-order valence-electron chi connectivity index (χ1n) is 8.02. The predicted octanol–water partition coefficient (Wildman–Crippen LogP) is 2.66. The second-order valence-corrected chi connectivity index (χ2v) is 5.95. The first kappa shape index (κ1) is 14.9. The van der Waals surface area contributed by atoms with Crippen LogP contribution in [0.15, 0.2) is 42.7 Å². The Morgan fingerprint density at radius 2 is 1.79 bits per heavy atom. The highest BCUT2D eigenvalue weighted by atomic mass is 16.5. The quantitative estimate of drug-likeness (QED) is 0.938. The molecular formula is C17H18N4O3. The molecule has 2 bridgehead atoms. The number of rotatable bonds is 3. The average molecular weight is 326 g/mol. The molecule has 24 heavy (non-hydrogen) atoms. The van der Waals surface area contributed by atoms with Crippen LogP contribution in [0.5, 0.6) is 11.8 Å². The fourth-order valence-corrected chi connectivity index (χ4v) is 3.03. The van der Waals surface area contributed by atoms with Crippen molar-refractivity contribution in [3.05, 3.63) is 42.7 Å². The number of carbonyl (C=O) groups is 1. The van der Waals surface area contributed by atoms with Crippen LogP contribution in [0.3, 0.4) is 0 Å². The molecule has 3 heterocycles. The van der Waals surface area contributed by atoms with Gasteiger partial charge in [-0.25, -0.2) is 14.8 Å². The summed E-state index contributed by atoms with van der Waals surface area (Å²) in [5.41, 5.74) is 0.722. The first-order chi connectivity index (χ1) is 11.8.